The van der Waals surface area contributed by atoms with Gasteiger partial charge in [-0.3, -0.25) is 4.98 Å². The van der Waals surface area contributed by atoms with Crippen molar-refractivity contribution in [3.63, 3.8) is 0 Å². The van der Waals surface area contributed by atoms with Gasteiger partial charge in [0.15, 0.2) is 0 Å². The van der Waals surface area contributed by atoms with Gasteiger partial charge in [-0.2, -0.15) is 0 Å². The van der Waals surface area contributed by atoms with Crippen molar-refractivity contribution in [1.82, 2.24) is 10.3 Å². The first-order valence-electron chi connectivity index (χ1n) is 8.25. The maximum absolute atomic E-state index is 5.22. The molecule has 1 N–H and O–H groups in total. The number of rotatable bonds is 10. The molecular formula is C17H29N3O. The molecule has 118 valence electrons. The molecule has 1 saturated carbocycles. The molecule has 0 bridgehead atoms. The quantitative estimate of drug-likeness (QED) is 0.718. The summed E-state index contributed by atoms with van der Waals surface area (Å²) in [7, 11) is 1.76. The highest BCUT2D eigenvalue weighted by Gasteiger charge is 2.29. The van der Waals surface area contributed by atoms with Crippen LogP contribution in [0.1, 0.15) is 51.3 Å². The number of hydrogen-bond donors (Lipinski definition) is 1. The highest BCUT2D eigenvalue weighted by atomic mass is 16.5. The van der Waals surface area contributed by atoms with Gasteiger partial charge in [0, 0.05) is 25.7 Å². The maximum atomic E-state index is 5.22. The third kappa shape index (κ3) is 4.68. The average molecular weight is 291 g/mol. The number of ether oxygens (including phenoxy) is 1. The predicted octanol–water partition coefficient (Wildman–Crippen LogP) is 3.15. The second-order valence-corrected chi connectivity index (χ2v) is 5.77. The van der Waals surface area contributed by atoms with E-state index in [2.05, 4.69) is 36.2 Å². The van der Waals surface area contributed by atoms with Crippen molar-refractivity contribution in [3.8, 4) is 0 Å². The Kier molecular flexibility index (Phi) is 6.46. The molecule has 0 radical (unpaired) electrons. The topological polar surface area (TPSA) is 37.4 Å². The number of hydrogen-bond acceptors (Lipinski definition) is 4. The van der Waals surface area contributed by atoms with E-state index < -0.39 is 0 Å². The summed E-state index contributed by atoms with van der Waals surface area (Å²) < 4.78 is 5.22. The smallest absolute Gasteiger partial charge is 0.0637 e. The molecule has 0 spiro atoms. The lowest BCUT2D eigenvalue weighted by Gasteiger charge is -2.24. The molecule has 4 heteroatoms. The Labute approximate surface area is 128 Å². The Bertz CT molecular complexity index is 403. The second-order valence-electron chi connectivity index (χ2n) is 5.77. The molecule has 1 heterocycles. The molecule has 0 aromatic carbocycles. The molecule has 1 atom stereocenters. The van der Waals surface area contributed by atoms with Crippen molar-refractivity contribution < 1.29 is 4.74 Å². The van der Waals surface area contributed by atoms with Crippen LogP contribution < -0.4 is 10.2 Å². The minimum absolute atomic E-state index is 0.368. The summed E-state index contributed by atoms with van der Waals surface area (Å²) in [4.78, 5) is 7.13. The first-order valence-corrected chi connectivity index (χ1v) is 8.25. The molecule has 21 heavy (non-hydrogen) atoms. The molecule has 1 aliphatic rings. The first-order chi connectivity index (χ1) is 10.3. The highest BCUT2D eigenvalue weighted by molar-refractivity contribution is 5.47. The number of nitrogens with one attached hydrogen (secondary N) is 1. The van der Waals surface area contributed by atoms with Crippen LogP contribution in [0.5, 0.6) is 0 Å². The summed E-state index contributed by atoms with van der Waals surface area (Å²) in [6, 6.07) is 5.45. The Morgan fingerprint density at radius 2 is 2.19 bits per heavy atom. The van der Waals surface area contributed by atoms with E-state index in [1.54, 1.807) is 7.11 Å². The van der Waals surface area contributed by atoms with Gasteiger partial charge in [0.05, 0.1) is 24.2 Å². The van der Waals surface area contributed by atoms with Crippen LogP contribution in [0.25, 0.3) is 0 Å². The van der Waals surface area contributed by atoms with Gasteiger partial charge in [-0.15, -0.1) is 0 Å². The zero-order valence-corrected chi connectivity index (χ0v) is 13.6. The standard InChI is InChI=1S/C17H29N3O/c1-4-10-18-16(5-2)17-9-8-15(13-19-17)20(11-12-21-3)14-6-7-14/h8-9,13-14,16,18H,4-7,10-12H2,1-3H3. The van der Waals surface area contributed by atoms with E-state index in [4.69, 9.17) is 9.72 Å². The predicted molar refractivity (Wildman–Crippen MR) is 87.8 cm³/mol. The highest BCUT2D eigenvalue weighted by Crippen LogP contribution is 2.31. The van der Waals surface area contributed by atoms with Gasteiger partial charge < -0.3 is 15.0 Å². The molecule has 1 aromatic heterocycles. The lowest BCUT2D eigenvalue weighted by atomic mass is 10.1. The fourth-order valence-corrected chi connectivity index (χ4v) is 2.65. The van der Waals surface area contributed by atoms with Gasteiger partial charge in [-0.25, -0.2) is 0 Å². The van der Waals surface area contributed by atoms with Crippen molar-refractivity contribution in [3.05, 3.63) is 24.0 Å². The normalized spacial score (nSPS) is 16.0. The van der Waals surface area contributed by atoms with Crippen LogP contribution in [-0.2, 0) is 4.74 Å². The van der Waals surface area contributed by atoms with Crippen molar-refractivity contribution in [2.75, 3.05) is 31.7 Å². The van der Waals surface area contributed by atoms with Crippen LogP contribution in [0.3, 0.4) is 0 Å². The van der Waals surface area contributed by atoms with E-state index in [9.17, 15) is 0 Å². The molecule has 1 unspecified atom stereocenters. The third-order valence-electron chi connectivity index (χ3n) is 4.03. The number of aromatic nitrogens is 1. The van der Waals surface area contributed by atoms with Gasteiger partial charge in [0.1, 0.15) is 0 Å². The summed E-state index contributed by atoms with van der Waals surface area (Å²) in [5, 5.41) is 3.56. The van der Waals surface area contributed by atoms with E-state index in [-0.39, 0.29) is 0 Å². The van der Waals surface area contributed by atoms with Crippen LogP contribution in [0.2, 0.25) is 0 Å². The molecule has 1 aromatic rings. The molecular weight excluding hydrogens is 262 g/mol. The van der Waals surface area contributed by atoms with Crippen LogP contribution in [0.15, 0.2) is 18.3 Å². The van der Waals surface area contributed by atoms with Crippen molar-refractivity contribution in [2.45, 2.75) is 51.6 Å². The lowest BCUT2D eigenvalue weighted by Crippen LogP contribution is -2.29. The van der Waals surface area contributed by atoms with Crippen LogP contribution in [0, 0.1) is 0 Å². The van der Waals surface area contributed by atoms with E-state index in [0.717, 1.165) is 38.2 Å². The Hall–Kier alpha value is -1.13. The molecule has 2 rings (SSSR count). The minimum atomic E-state index is 0.368. The van der Waals surface area contributed by atoms with E-state index in [1.165, 1.54) is 18.5 Å². The second kappa shape index (κ2) is 8.35. The monoisotopic (exact) mass is 291 g/mol. The molecule has 1 aliphatic carbocycles. The third-order valence-corrected chi connectivity index (χ3v) is 4.03. The largest absolute Gasteiger partial charge is 0.383 e. The van der Waals surface area contributed by atoms with E-state index >= 15 is 0 Å². The first kappa shape index (κ1) is 16.2. The number of anilines is 1. The van der Waals surface area contributed by atoms with E-state index in [1.807, 2.05) is 6.20 Å². The van der Waals surface area contributed by atoms with Crippen LogP contribution in [0.4, 0.5) is 5.69 Å². The van der Waals surface area contributed by atoms with Crippen LogP contribution >= 0.6 is 0 Å². The van der Waals surface area contributed by atoms with Crippen molar-refractivity contribution in [1.29, 1.82) is 0 Å². The van der Waals surface area contributed by atoms with Crippen molar-refractivity contribution >= 4 is 5.69 Å². The molecule has 4 nitrogen and oxygen atoms in total. The van der Waals surface area contributed by atoms with Gasteiger partial charge in [0.25, 0.3) is 0 Å². The van der Waals surface area contributed by atoms with Crippen LogP contribution in [-0.4, -0.2) is 37.8 Å². The number of pyridine rings is 1. The summed E-state index contributed by atoms with van der Waals surface area (Å²) in [5.41, 5.74) is 2.38. The summed E-state index contributed by atoms with van der Waals surface area (Å²) in [5.74, 6) is 0. The zero-order chi connectivity index (χ0) is 15.1. The maximum Gasteiger partial charge on any atom is 0.0637 e. The Morgan fingerprint density at radius 1 is 1.38 bits per heavy atom. The summed E-state index contributed by atoms with van der Waals surface area (Å²) >= 11 is 0. The Morgan fingerprint density at radius 3 is 2.71 bits per heavy atom. The number of methoxy groups -OCH3 is 1. The van der Waals surface area contributed by atoms with Gasteiger partial charge in [0.2, 0.25) is 0 Å². The molecule has 1 fully saturated rings. The van der Waals surface area contributed by atoms with Gasteiger partial charge >= 0.3 is 0 Å². The fourth-order valence-electron chi connectivity index (χ4n) is 2.65. The summed E-state index contributed by atoms with van der Waals surface area (Å²) in [6.45, 7) is 7.17. The lowest BCUT2D eigenvalue weighted by molar-refractivity contribution is 0.205. The molecule has 0 saturated heterocycles. The van der Waals surface area contributed by atoms with E-state index in [0.29, 0.717) is 12.1 Å². The fraction of sp³-hybridized carbons (Fsp3) is 0.706. The SMILES string of the molecule is CCCNC(CC)c1ccc(N(CCOC)C2CC2)cn1. The molecule has 0 amide bonds. The molecule has 0 aliphatic heterocycles. The van der Waals surface area contributed by atoms with Crippen molar-refractivity contribution in [2.24, 2.45) is 0 Å². The Balaban J connectivity index is 2.02. The minimum Gasteiger partial charge on any atom is -0.383 e. The summed E-state index contributed by atoms with van der Waals surface area (Å²) in [6.07, 6.45) is 6.84. The van der Waals surface area contributed by atoms with Gasteiger partial charge in [-0.1, -0.05) is 13.8 Å². The van der Waals surface area contributed by atoms with Gasteiger partial charge in [-0.05, 0) is 44.4 Å². The average Bonchev–Trinajstić information content (AvgIpc) is 3.34. The zero-order valence-electron chi connectivity index (χ0n) is 13.6. The number of nitrogens with zero attached hydrogens (tertiary/aromatic N) is 2.